The second-order valence-corrected chi connectivity index (χ2v) is 5.45. The summed E-state index contributed by atoms with van der Waals surface area (Å²) >= 11 is 0. The summed E-state index contributed by atoms with van der Waals surface area (Å²) in [6.07, 6.45) is 1.02. The van der Waals surface area contributed by atoms with Crippen LogP contribution in [0.2, 0.25) is 0 Å². The second-order valence-electron chi connectivity index (χ2n) is 5.45. The van der Waals surface area contributed by atoms with Gasteiger partial charge in [-0.15, -0.1) is 0 Å². The van der Waals surface area contributed by atoms with E-state index < -0.39 is 0 Å². The molecule has 1 amide bonds. The van der Waals surface area contributed by atoms with Crippen molar-refractivity contribution in [1.29, 1.82) is 0 Å². The molecule has 0 saturated carbocycles. The molecular weight excluding hydrogens is 218 g/mol. The SMILES string of the molecule is CC1(C)NCCC1NC(=O)CN1CCOCC1. The van der Waals surface area contributed by atoms with Crippen molar-refractivity contribution in [2.45, 2.75) is 31.8 Å². The minimum absolute atomic E-state index is 0.0146. The molecule has 1 atom stereocenters. The molecule has 5 nitrogen and oxygen atoms in total. The van der Waals surface area contributed by atoms with Crippen LogP contribution in [0.15, 0.2) is 0 Å². The van der Waals surface area contributed by atoms with E-state index >= 15 is 0 Å². The molecule has 17 heavy (non-hydrogen) atoms. The number of nitrogens with zero attached hydrogens (tertiary/aromatic N) is 1. The van der Waals surface area contributed by atoms with Gasteiger partial charge in [-0.05, 0) is 26.8 Å². The first-order valence-electron chi connectivity index (χ1n) is 6.42. The summed E-state index contributed by atoms with van der Waals surface area (Å²) in [5.74, 6) is 0.133. The maximum absolute atomic E-state index is 11.9. The van der Waals surface area contributed by atoms with Crippen LogP contribution >= 0.6 is 0 Å². The zero-order valence-electron chi connectivity index (χ0n) is 10.8. The standard InChI is InChI=1S/C12H23N3O2/c1-12(2)10(3-4-13-12)14-11(16)9-15-5-7-17-8-6-15/h10,13H,3-9H2,1-2H3,(H,14,16). The fourth-order valence-corrected chi connectivity index (χ4v) is 2.48. The molecule has 0 aliphatic carbocycles. The summed E-state index contributed by atoms with van der Waals surface area (Å²) in [5, 5.41) is 6.54. The predicted octanol–water partition coefficient (Wildman–Crippen LogP) is -0.425. The molecular formula is C12H23N3O2. The Kier molecular flexibility index (Phi) is 4.01. The first-order chi connectivity index (χ1) is 8.08. The summed E-state index contributed by atoms with van der Waals surface area (Å²) in [7, 11) is 0. The lowest BCUT2D eigenvalue weighted by molar-refractivity contribution is -0.124. The molecule has 0 spiro atoms. The van der Waals surface area contributed by atoms with Crippen LogP contribution in [0.5, 0.6) is 0 Å². The van der Waals surface area contributed by atoms with E-state index in [1.165, 1.54) is 0 Å². The highest BCUT2D eigenvalue weighted by Gasteiger charge is 2.35. The van der Waals surface area contributed by atoms with Gasteiger partial charge >= 0.3 is 0 Å². The van der Waals surface area contributed by atoms with Crippen LogP contribution in [0, 0.1) is 0 Å². The van der Waals surface area contributed by atoms with E-state index in [0.717, 1.165) is 39.3 Å². The number of carbonyl (C=O) groups is 1. The lowest BCUT2D eigenvalue weighted by Crippen LogP contribution is -2.53. The molecule has 2 N–H and O–H groups in total. The van der Waals surface area contributed by atoms with E-state index in [2.05, 4.69) is 29.4 Å². The largest absolute Gasteiger partial charge is 0.379 e. The molecule has 98 valence electrons. The number of hydrogen-bond donors (Lipinski definition) is 2. The van der Waals surface area contributed by atoms with Gasteiger partial charge < -0.3 is 15.4 Å². The van der Waals surface area contributed by atoms with Crippen LogP contribution in [0.3, 0.4) is 0 Å². The van der Waals surface area contributed by atoms with Crippen molar-refractivity contribution in [1.82, 2.24) is 15.5 Å². The molecule has 0 radical (unpaired) electrons. The Labute approximate surface area is 103 Å². The summed E-state index contributed by atoms with van der Waals surface area (Å²) in [6, 6.07) is 0.246. The molecule has 2 aliphatic rings. The van der Waals surface area contributed by atoms with Gasteiger partial charge in [-0.25, -0.2) is 0 Å². The number of amides is 1. The summed E-state index contributed by atoms with van der Waals surface area (Å²) in [5.41, 5.74) is 0.0146. The smallest absolute Gasteiger partial charge is 0.234 e. The van der Waals surface area contributed by atoms with E-state index in [1.54, 1.807) is 0 Å². The van der Waals surface area contributed by atoms with Crippen LogP contribution in [0.4, 0.5) is 0 Å². The Bertz CT molecular complexity index is 275. The van der Waals surface area contributed by atoms with Crippen molar-refractivity contribution in [2.24, 2.45) is 0 Å². The Morgan fingerprint density at radius 2 is 2.18 bits per heavy atom. The minimum Gasteiger partial charge on any atom is -0.379 e. The van der Waals surface area contributed by atoms with E-state index in [9.17, 15) is 4.79 Å². The molecule has 1 unspecified atom stereocenters. The van der Waals surface area contributed by atoms with E-state index in [0.29, 0.717) is 6.54 Å². The molecule has 2 aliphatic heterocycles. The summed E-state index contributed by atoms with van der Waals surface area (Å²) in [4.78, 5) is 14.1. The average molecular weight is 241 g/mol. The van der Waals surface area contributed by atoms with E-state index in [4.69, 9.17) is 4.74 Å². The number of nitrogens with one attached hydrogen (secondary N) is 2. The Morgan fingerprint density at radius 3 is 2.76 bits per heavy atom. The third kappa shape index (κ3) is 3.40. The highest BCUT2D eigenvalue weighted by atomic mass is 16.5. The number of rotatable bonds is 3. The van der Waals surface area contributed by atoms with E-state index in [-0.39, 0.29) is 17.5 Å². The number of carbonyl (C=O) groups excluding carboxylic acids is 1. The van der Waals surface area contributed by atoms with Crippen LogP contribution in [-0.4, -0.2) is 61.8 Å². The molecule has 2 saturated heterocycles. The van der Waals surface area contributed by atoms with Gasteiger partial charge in [0.05, 0.1) is 19.8 Å². The van der Waals surface area contributed by atoms with Crippen LogP contribution in [0.25, 0.3) is 0 Å². The zero-order valence-corrected chi connectivity index (χ0v) is 10.8. The third-order valence-electron chi connectivity index (χ3n) is 3.69. The van der Waals surface area contributed by atoms with Crippen molar-refractivity contribution in [2.75, 3.05) is 39.4 Å². The first kappa shape index (κ1) is 12.8. The van der Waals surface area contributed by atoms with E-state index in [1.807, 2.05) is 0 Å². The summed E-state index contributed by atoms with van der Waals surface area (Å²) in [6.45, 7) is 8.96. The maximum Gasteiger partial charge on any atom is 0.234 e. The fourth-order valence-electron chi connectivity index (χ4n) is 2.48. The lowest BCUT2D eigenvalue weighted by Gasteiger charge is -2.30. The van der Waals surface area contributed by atoms with Crippen LogP contribution < -0.4 is 10.6 Å². The van der Waals surface area contributed by atoms with Gasteiger partial charge in [-0.3, -0.25) is 9.69 Å². The predicted molar refractivity (Wildman–Crippen MR) is 65.9 cm³/mol. The monoisotopic (exact) mass is 241 g/mol. The molecule has 0 aromatic rings. The van der Waals surface area contributed by atoms with Crippen molar-refractivity contribution >= 4 is 5.91 Å². The first-order valence-corrected chi connectivity index (χ1v) is 6.42. The van der Waals surface area contributed by atoms with Crippen molar-refractivity contribution in [3.63, 3.8) is 0 Å². The molecule has 2 rings (SSSR count). The summed E-state index contributed by atoms with van der Waals surface area (Å²) < 4.78 is 5.26. The minimum atomic E-state index is 0.0146. The lowest BCUT2D eigenvalue weighted by atomic mass is 9.97. The van der Waals surface area contributed by atoms with Crippen LogP contribution in [-0.2, 0) is 9.53 Å². The highest BCUT2D eigenvalue weighted by molar-refractivity contribution is 5.78. The Balaban J connectivity index is 1.76. The zero-order chi connectivity index (χ0) is 12.3. The Morgan fingerprint density at radius 1 is 1.47 bits per heavy atom. The fraction of sp³-hybridized carbons (Fsp3) is 0.917. The molecule has 0 aromatic carbocycles. The van der Waals surface area contributed by atoms with Gasteiger partial charge in [0, 0.05) is 24.7 Å². The quantitative estimate of drug-likeness (QED) is 0.704. The van der Waals surface area contributed by atoms with Crippen molar-refractivity contribution in [3.05, 3.63) is 0 Å². The molecule has 2 heterocycles. The molecule has 0 bridgehead atoms. The number of ether oxygens (including phenoxy) is 1. The van der Waals surface area contributed by atoms with Gasteiger partial charge in [0.1, 0.15) is 0 Å². The van der Waals surface area contributed by atoms with Crippen molar-refractivity contribution in [3.8, 4) is 0 Å². The Hall–Kier alpha value is -0.650. The average Bonchev–Trinajstić information content (AvgIpc) is 2.59. The topological polar surface area (TPSA) is 53.6 Å². The number of hydrogen-bond acceptors (Lipinski definition) is 4. The normalized spacial score (nSPS) is 29.2. The third-order valence-corrected chi connectivity index (χ3v) is 3.69. The van der Waals surface area contributed by atoms with Crippen LogP contribution in [0.1, 0.15) is 20.3 Å². The van der Waals surface area contributed by atoms with Gasteiger partial charge in [0.25, 0.3) is 0 Å². The maximum atomic E-state index is 11.9. The number of morpholine rings is 1. The molecule has 5 heteroatoms. The highest BCUT2D eigenvalue weighted by Crippen LogP contribution is 2.18. The van der Waals surface area contributed by atoms with Crippen molar-refractivity contribution < 1.29 is 9.53 Å². The molecule has 2 fully saturated rings. The van der Waals surface area contributed by atoms with Gasteiger partial charge in [-0.2, -0.15) is 0 Å². The van der Waals surface area contributed by atoms with Gasteiger partial charge in [0.15, 0.2) is 0 Å². The van der Waals surface area contributed by atoms with Gasteiger partial charge in [0.2, 0.25) is 5.91 Å². The van der Waals surface area contributed by atoms with Gasteiger partial charge in [-0.1, -0.05) is 0 Å². The second kappa shape index (κ2) is 5.33. The molecule has 0 aromatic heterocycles.